The fraction of sp³-hybridized carbons (Fsp3) is 0.929. The predicted octanol–water partition coefficient (Wildman–Crippen LogP) is 1.32. The van der Waals surface area contributed by atoms with Crippen LogP contribution < -0.4 is 5.32 Å². The lowest BCUT2D eigenvalue weighted by molar-refractivity contribution is -0.132. The van der Waals surface area contributed by atoms with Crippen LogP contribution in [0.1, 0.15) is 38.5 Å². The minimum atomic E-state index is 0.0506. The molecule has 1 saturated heterocycles. The number of rotatable bonds is 5. The summed E-state index contributed by atoms with van der Waals surface area (Å²) in [6.07, 6.45) is 6.99. The number of likely N-dealkylation sites (N-methyl/N-ethyl adjacent to an activating group) is 1. The zero-order valence-corrected chi connectivity index (χ0v) is 12.2. The van der Waals surface area contributed by atoms with Gasteiger partial charge in [-0.3, -0.25) is 4.79 Å². The molecule has 0 aromatic heterocycles. The Hall–Kier alpha value is -0.610. The molecule has 0 spiro atoms. The Balaban J connectivity index is 2.31. The number of nitrogens with one attached hydrogen (secondary N) is 1. The lowest BCUT2D eigenvalue weighted by atomic mass is 10.0. The maximum atomic E-state index is 12.3. The molecule has 0 saturated carbocycles. The largest absolute Gasteiger partial charge is 0.344 e. The number of hydrogen-bond donors (Lipinski definition) is 1. The molecule has 4 nitrogen and oxygen atoms in total. The van der Waals surface area contributed by atoms with Crippen LogP contribution in [0.3, 0.4) is 0 Å². The van der Waals surface area contributed by atoms with E-state index in [9.17, 15) is 4.79 Å². The van der Waals surface area contributed by atoms with Gasteiger partial charge in [0.15, 0.2) is 0 Å². The summed E-state index contributed by atoms with van der Waals surface area (Å²) in [7, 11) is 6.06. The molecule has 0 aromatic rings. The van der Waals surface area contributed by atoms with E-state index in [1.54, 1.807) is 0 Å². The van der Waals surface area contributed by atoms with Crippen LogP contribution >= 0.6 is 0 Å². The number of carbonyl (C=O) groups excluding carboxylic acids is 1. The van der Waals surface area contributed by atoms with Crippen LogP contribution in [0, 0.1) is 0 Å². The van der Waals surface area contributed by atoms with Gasteiger partial charge in [-0.1, -0.05) is 19.3 Å². The van der Waals surface area contributed by atoms with Crippen molar-refractivity contribution >= 4 is 5.91 Å². The Morgan fingerprint density at radius 3 is 2.56 bits per heavy atom. The van der Waals surface area contributed by atoms with Gasteiger partial charge >= 0.3 is 0 Å². The van der Waals surface area contributed by atoms with Crippen molar-refractivity contribution in [2.24, 2.45) is 0 Å². The van der Waals surface area contributed by atoms with Gasteiger partial charge < -0.3 is 15.1 Å². The molecule has 1 heterocycles. The summed E-state index contributed by atoms with van der Waals surface area (Å²) in [5.41, 5.74) is 0. The van der Waals surface area contributed by atoms with Gasteiger partial charge in [-0.25, -0.2) is 0 Å². The zero-order chi connectivity index (χ0) is 13.4. The van der Waals surface area contributed by atoms with Gasteiger partial charge in [-0.2, -0.15) is 0 Å². The maximum Gasteiger partial charge on any atom is 0.239 e. The average molecular weight is 255 g/mol. The molecule has 1 fully saturated rings. The van der Waals surface area contributed by atoms with Crippen molar-refractivity contribution in [3.8, 4) is 0 Å². The summed E-state index contributed by atoms with van der Waals surface area (Å²) in [6.45, 7) is 2.88. The van der Waals surface area contributed by atoms with Crippen LogP contribution in [0.4, 0.5) is 0 Å². The minimum Gasteiger partial charge on any atom is -0.344 e. The van der Waals surface area contributed by atoms with E-state index in [-0.39, 0.29) is 11.9 Å². The first-order valence-corrected chi connectivity index (χ1v) is 7.24. The number of nitrogens with zero attached hydrogens (tertiary/aromatic N) is 2. The summed E-state index contributed by atoms with van der Waals surface area (Å²) >= 11 is 0. The lowest BCUT2D eigenvalue weighted by Crippen LogP contribution is -2.46. The zero-order valence-electron chi connectivity index (χ0n) is 12.2. The van der Waals surface area contributed by atoms with Gasteiger partial charge in [-0.05, 0) is 46.4 Å². The number of hydrogen-bond acceptors (Lipinski definition) is 3. The Morgan fingerprint density at radius 2 is 1.83 bits per heavy atom. The van der Waals surface area contributed by atoms with Crippen molar-refractivity contribution in [1.29, 1.82) is 0 Å². The topological polar surface area (TPSA) is 35.6 Å². The standard InChI is InChI=1S/C14H29N3O/c1-16(2)11-8-12-17(3)14(18)13-9-6-4-5-7-10-15-13/h13,15H,4-12H2,1-3H3. The van der Waals surface area contributed by atoms with Gasteiger partial charge in [0.25, 0.3) is 0 Å². The highest BCUT2D eigenvalue weighted by Crippen LogP contribution is 2.11. The van der Waals surface area contributed by atoms with Crippen LogP contribution in [0.5, 0.6) is 0 Å². The number of carbonyl (C=O) groups is 1. The molecule has 1 atom stereocenters. The molecule has 0 bridgehead atoms. The third-order valence-electron chi connectivity index (χ3n) is 3.58. The molecule has 106 valence electrons. The van der Waals surface area contributed by atoms with E-state index in [0.29, 0.717) is 0 Å². The monoisotopic (exact) mass is 255 g/mol. The summed E-state index contributed by atoms with van der Waals surface area (Å²) in [5, 5.41) is 3.40. The van der Waals surface area contributed by atoms with Crippen molar-refractivity contribution in [2.45, 2.75) is 44.6 Å². The second-order valence-corrected chi connectivity index (χ2v) is 5.63. The Labute approximate surface area is 112 Å². The van der Waals surface area contributed by atoms with Crippen molar-refractivity contribution in [3.05, 3.63) is 0 Å². The van der Waals surface area contributed by atoms with E-state index in [2.05, 4.69) is 24.3 Å². The second kappa shape index (κ2) is 8.48. The molecule has 18 heavy (non-hydrogen) atoms. The first-order valence-electron chi connectivity index (χ1n) is 7.24. The Kier molecular flexibility index (Phi) is 7.28. The highest BCUT2D eigenvalue weighted by Gasteiger charge is 2.21. The fourth-order valence-electron chi connectivity index (χ4n) is 2.42. The van der Waals surface area contributed by atoms with Crippen molar-refractivity contribution < 1.29 is 4.79 Å². The van der Waals surface area contributed by atoms with Crippen LogP contribution in [0.25, 0.3) is 0 Å². The van der Waals surface area contributed by atoms with Crippen LogP contribution in [0.2, 0.25) is 0 Å². The summed E-state index contributed by atoms with van der Waals surface area (Å²) in [6, 6.07) is 0.0506. The molecule has 0 radical (unpaired) electrons. The molecular weight excluding hydrogens is 226 g/mol. The molecule has 1 N–H and O–H groups in total. The van der Waals surface area contributed by atoms with E-state index in [1.165, 1.54) is 25.7 Å². The quantitative estimate of drug-likeness (QED) is 0.805. The van der Waals surface area contributed by atoms with E-state index in [4.69, 9.17) is 0 Å². The minimum absolute atomic E-state index is 0.0506. The van der Waals surface area contributed by atoms with E-state index in [0.717, 1.165) is 32.5 Å². The smallest absolute Gasteiger partial charge is 0.239 e. The predicted molar refractivity (Wildman–Crippen MR) is 75.7 cm³/mol. The SMILES string of the molecule is CN(C)CCCN(C)C(=O)C1CCCCCCN1. The van der Waals surface area contributed by atoms with Crippen molar-refractivity contribution in [2.75, 3.05) is 40.8 Å². The van der Waals surface area contributed by atoms with Crippen LogP contribution in [0.15, 0.2) is 0 Å². The molecule has 1 unspecified atom stereocenters. The van der Waals surface area contributed by atoms with Crippen LogP contribution in [-0.2, 0) is 4.79 Å². The first-order chi connectivity index (χ1) is 8.61. The highest BCUT2D eigenvalue weighted by atomic mass is 16.2. The van der Waals surface area contributed by atoms with Crippen molar-refractivity contribution in [1.82, 2.24) is 15.1 Å². The van der Waals surface area contributed by atoms with E-state index in [1.807, 2.05) is 11.9 Å². The molecule has 1 amide bonds. The van der Waals surface area contributed by atoms with Crippen LogP contribution in [-0.4, -0.2) is 62.5 Å². The normalized spacial score (nSPS) is 21.4. The van der Waals surface area contributed by atoms with Gasteiger partial charge in [0, 0.05) is 13.6 Å². The molecular formula is C14H29N3O. The maximum absolute atomic E-state index is 12.3. The van der Waals surface area contributed by atoms with Gasteiger partial charge in [-0.15, -0.1) is 0 Å². The highest BCUT2D eigenvalue weighted by molar-refractivity contribution is 5.81. The molecule has 1 rings (SSSR count). The average Bonchev–Trinajstić information content (AvgIpc) is 2.27. The third-order valence-corrected chi connectivity index (χ3v) is 3.58. The molecule has 1 aliphatic rings. The summed E-state index contributed by atoms with van der Waals surface area (Å²) < 4.78 is 0. The first kappa shape index (κ1) is 15.4. The Morgan fingerprint density at radius 1 is 1.11 bits per heavy atom. The van der Waals surface area contributed by atoms with Gasteiger partial charge in [0.1, 0.15) is 0 Å². The summed E-state index contributed by atoms with van der Waals surface area (Å²) in [4.78, 5) is 16.3. The third kappa shape index (κ3) is 5.83. The molecule has 0 aliphatic carbocycles. The Bertz CT molecular complexity index is 235. The van der Waals surface area contributed by atoms with Gasteiger partial charge in [0.2, 0.25) is 5.91 Å². The fourth-order valence-corrected chi connectivity index (χ4v) is 2.42. The second-order valence-electron chi connectivity index (χ2n) is 5.63. The van der Waals surface area contributed by atoms with Gasteiger partial charge in [0.05, 0.1) is 6.04 Å². The summed E-state index contributed by atoms with van der Waals surface area (Å²) in [5.74, 6) is 0.274. The molecule has 4 heteroatoms. The molecule has 0 aromatic carbocycles. The lowest BCUT2D eigenvalue weighted by Gasteiger charge is -2.26. The van der Waals surface area contributed by atoms with E-state index < -0.39 is 0 Å². The molecule has 1 aliphatic heterocycles. The number of amides is 1. The van der Waals surface area contributed by atoms with Crippen molar-refractivity contribution in [3.63, 3.8) is 0 Å². The van der Waals surface area contributed by atoms with E-state index >= 15 is 0 Å².